The summed E-state index contributed by atoms with van der Waals surface area (Å²) in [6.07, 6.45) is 1.10. The number of rotatable bonds is 4. The molecule has 8 heteroatoms. The quantitative estimate of drug-likeness (QED) is 0.934. The fraction of sp³-hybridized carbons (Fsp3) is 0.467. The van der Waals surface area contributed by atoms with E-state index < -0.39 is 11.9 Å². The Hall–Kier alpha value is -2.35. The normalized spacial score (nSPS) is 17.7. The van der Waals surface area contributed by atoms with E-state index in [4.69, 9.17) is 4.74 Å². The summed E-state index contributed by atoms with van der Waals surface area (Å²) in [6.45, 7) is 4.41. The molecule has 1 atom stereocenters. The molecule has 0 bridgehead atoms. The van der Waals surface area contributed by atoms with Crippen LogP contribution in [0.5, 0.6) is 0 Å². The Bertz CT molecular complexity index is 710. The highest BCUT2D eigenvalue weighted by atomic mass is 19.1. The molecule has 7 nitrogen and oxygen atoms in total. The van der Waals surface area contributed by atoms with Gasteiger partial charge < -0.3 is 10.1 Å². The molecule has 2 aromatic rings. The number of carbonyl (C=O) groups is 1. The fourth-order valence-electron chi connectivity index (χ4n) is 2.50. The van der Waals surface area contributed by atoms with E-state index in [1.165, 1.54) is 6.07 Å². The van der Waals surface area contributed by atoms with Crippen molar-refractivity contribution in [2.24, 2.45) is 0 Å². The van der Waals surface area contributed by atoms with E-state index in [0.29, 0.717) is 30.1 Å². The minimum Gasteiger partial charge on any atom is -0.368 e. The molecule has 1 aromatic heterocycles. The lowest BCUT2D eigenvalue weighted by Crippen LogP contribution is -2.26. The highest BCUT2D eigenvalue weighted by Crippen LogP contribution is 2.25. The van der Waals surface area contributed by atoms with E-state index in [-0.39, 0.29) is 11.9 Å². The van der Waals surface area contributed by atoms with Crippen LogP contribution in [0.25, 0.3) is 11.4 Å². The Morgan fingerprint density at radius 3 is 2.96 bits per heavy atom. The van der Waals surface area contributed by atoms with Gasteiger partial charge in [0.15, 0.2) is 5.82 Å². The van der Waals surface area contributed by atoms with Gasteiger partial charge in [0.1, 0.15) is 11.9 Å². The summed E-state index contributed by atoms with van der Waals surface area (Å²) in [5.74, 6) is -0.386. The van der Waals surface area contributed by atoms with Gasteiger partial charge in [-0.25, -0.2) is 9.07 Å². The first-order valence-corrected chi connectivity index (χ1v) is 7.56. The second-order valence-electron chi connectivity index (χ2n) is 5.73. The third-order valence-corrected chi connectivity index (χ3v) is 3.68. The Morgan fingerprint density at radius 1 is 1.48 bits per heavy atom. The van der Waals surface area contributed by atoms with Gasteiger partial charge in [0, 0.05) is 12.3 Å². The van der Waals surface area contributed by atoms with E-state index >= 15 is 0 Å². The number of amides is 1. The maximum Gasteiger partial charge on any atom is 0.253 e. The zero-order chi connectivity index (χ0) is 16.4. The molecule has 0 spiro atoms. The smallest absolute Gasteiger partial charge is 0.253 e. The molecular weight excluding hydrogens is 301 g/mol. The standard InChI is InChI=1S/C15H18FN5O2/c1-9(2)21-14(18-19-20-21)11-6-5-10(8-12(11)16)17-15(22)13-4-3-7-23-13/h5-6,8-9,13H,3-4,7H2,1-2H3,(H,17,22)/t13-/m0/s1. The van der Waals surface area contributed by atoms with E-state index in [2.05, 4.69) is 20.8 Å². The molecule has 0 radical (unpaired) electrons. The number of nitrogens with one attached hydrogen (secondary N) is 1. The second-order valence-corrected chi connectivity index (χ2v) is 5.73. The van der Waals surface area contributed by atoms with Crippen LogP contribution in [0.15, 0.2) is 18.2 Å². The highest BCUT2D eigenvalue weighted by Gasteiger charge is 2.24. The number of carbonyl (C=O) groups excluding carboxylic acids is 1. The molecule has 0 saturated carbocycles. The minimum atomic E-state index is -0.494. The van der Waals surface area contributed by atoms with Crippen LogP contribution in [0, 0.1) is 5.82 Å². The van der Waals surface area contributed by atoms with Crippen LogP contribution >= 0.6 is 0 Å². The molecular formula is C15H18FN5O2. The summed E-state index contributed by atoms with van der Waals surface area (Å²) in [5.41, 5.74) is 0.675. The molecule has 0 aliphatic carbocycles. The van der Waals surface area contributed by atoms with Crippen molar-refractivity contribution in [1.82, 2.24) is 20.2 Å². The number of hydrogen-bond donors (Lipinski definition) is 1. The molecule has 23 heavy (non-hydrogen) atoms. The van der Waals surface area contributed by atoms with E-state index in [1.807, 2.05) is 13.8 Å². The number of benzene rings is 1. The molecule has 3 rings (SSSR count). The first-order chi connectivity index (χ1) is 11.1. The average Bonchev–Trinajstić information content (AvgIpc) is 3.19. The number of ether oxygens (including phenoxy) is 1. The van der Waals surface area contributed by atoms with Crippen LogP contribution in [0.4, 0.5) is 10.1 Å². The van der Waals surface area contributed by atoms with Gasteiger partial charge in [-0.15, -0.1) is 5.10 Å². The van der Waals surface area contributed by atoms with Gasteiger partial charge in [-0.3, -0.25) is 4.79 Å². The summed E-state index contributed by atoms with van der Waals surface area (Å²) in [6, 6.07) is 4.47. The predicted molar refractivity (Wildman–Crippen MR) is 81.2 cm³/mol. The predicted octanol–water partition coefficient (Wildman–Crippen LogP) is 2.18. The van der Waals surface area contributed by atoms with Crippen LogP contribution < -0.4 is 5.32 Å². The maximum absolute atomic E-state index is 14.4. The Morgan fingerprint density at radius 2 is 2.30 bits per heavy atom. The largest absolute Gasteiger partial charge is 0.368 e. The third-order valence-electron chi connectivity index (χ3n) is 3.68. The van der Waals surface area contributed by atoms with Crippen molar-refractivity contribution in [1.29, 1.82) is 0 Å². The summed E-state index contributed by atoms with van der Waals surface area (Å²) in [7, 11) is 0. The number of nitrogens with zero attached hydrogens (tertiary/aromatic N) is 4. The number of aromatic nitrogens is 4. The molecule has 0 unspecified atom stereocenters. The zero-order valence-corrected chi connectivity index (χ0v) is 13.0. The molecule has 122 valence electrons. The van der Waals surface area contributed by atoms with Crippen LogP contribution in [-0.2, 0) is 9.53 Å². The molecule has 1 amide bonds. The topological polar surface area (TPSA) is 81.9 Å². The van der Waals surface area contributed by atoms with E-state index in [1.54, 1.807) is 16.8 Å². The first kappa shape index (κ1) is 15.5. The van der Waals surface area contributed by atoms with Crippen molar-refractivity contribution in [3.05, 3.63) is 24.0 Å². The summed E-state index contributed by atoms with van der Waals surface area (Å²) in [4.78, 5) is 12.0. The average molecular weight is 319 g/mol. The highest BCUT2D eigenvalue weighted by molar-refractivity contribution is 5.94. The second kappa shape index (κ2) is 6.41. The van der Waals surface area contributed by atoms with Gasteiger partial charge in [-0.1, -0.05) is 0 Å². The number of tetrazole rings is 1. The summed E-state index contributed by atoms with van der Waals surface area (Å²) < 4.78 is 21.2. The third kappa shape index (κ3) is 3.21. The van der Waals surface area contributed by atoms with Gasteiger partial charge in [0.05, 0.1) is 11.6 Å². The van der Waals surface area contributed by atoms with Gasteiger partial charge >= 0.3 is 0 Å². The van der Waals surface area contributed by atoms with Crippen molar-refractivity contribution in [3.8, 4) is 11.4 Å². The molecule has 1 aliphatic heterocycles. The van der Waals surface area contributed by atoms with Gasteiger partial charge in [0.2, 0.25) is 0 Å². The van der Waals surface area contributed by atoms with Crippen LogP contribution in [-0.4, -0.2) is 38.8 Å². The SMILES string of the molecule is CC(C)n1nnnc1-c1ccc(NC(=O)[C@@H]2CCCO2)cc1F. The molecule has 1 fully saturated rings. The van der Waals surface area contributed by atoms with Crippen LogP contribution in [0.3, 0.4) is 0 Å². The lowest BCUT2D eigenvalue weighted by atomic mass is 10.1. The lowest BCUT2D eigenvalue weighted by Gasteiger charge is -2.12. The van der Waals surface area contributed by atoms with Gasteiger partial charge in [-0.05, 0) is 55.3 Å². The van der Waals surface area contributed by atoms with E-state index in [0.717, 1.165) is 6.42 Å². The Labute approximate surface area is 132 Å². The Balaban J connectivity index is 1.80. The molecule has 1 N–H and O–H groups in total. The first-order valence-electron chi connectivity index (χ1n) is 7.56. The van der Waals surface area contributed by atoms with Crippen LogP contribution in [0.2, 0.25) is 0 Å². The van der Waals surface area contributed by atoms with Gasteiger partial charge in [-0.2, -0.15) is 0 Å². The van der Waals surface area contributed by atoms with Crippen LogP contribution in [0.1, 0.15) is 32.7 Å². The van der Waals surface area contributed by atoms with E-state index in [9.17, 15) is 9.18 Å². The lowest BCUT2D eigenvalue weighted by molar-refractivity contribution is -0.124. The minimum absolute atomic E-state index is 0.0123. The molecule has 1 aromatic carbocycles. The number of halogens is 1. The van der Waals surface area contributed by atoms with Crippen molar-refractivity contribution in [2.75, 3.05) is 11.9 Å². The Kier molecular flexibility index (Phi) is 4.33. The zero-order valence-electron chi connectivity index (χ0n) is 13.0. The summed E-state index contributed by atoms with van der Waals surface area (Å²) in [5, 5.41) is 14.0. The molecule has 2 heterocycles. The molecule has 1 aliphatic rings. The van der Waals surface area contributed by atoms with Crippen molar-refractivity contribution >= 4 is 11.6 Å². The monoisotopic (exact) mass is 319 g/mol. The number of anilines is 1. The molecule has 1 saturated heterocycles. The van der Waals surface area contributed by atoms with Gasteiger partial charge in [0.25, 0.3) is 5.91 Å². The number of hydrogen-bond acceptors (Lipinski definition) is 5. The van der Waals surface area contributed by atoms with Crippen molar-refractivity contribution in [3.63, 3.8) is 0 Å². The van der Waals surface area contributed by atoms with Crippen molar-refractivity contribution in [2.45, 2.75) is 38.8 Å². The summed E-state index contributed by atoms with van der Waals surface area (Å²) >= 11 is 0. The van der Waals surface area contributed by atoms with Crippen molar-refractivity contribution < 1.29 is 13.9 Å². The maximum atomic E-state index is 14.4. The fourth-order valence-corrected chi connectivity index (χ4v) is 2.50.